The number of rotatable bonds is 2. The molecule has 2 rings (SSSR count). The van der Waals surface area contributed by atoms with E-state index in [1.165, 1.54) is 6.07 Å². The molecular formula is C11H10O3S. The highest BCUT2D eigenvalue weighted by Gasteiger charge is 2.07. The van der Waals surface area contributed by atoms with Gasteiger partial charge >= 0.3 is 0 Å². The molecule has 1 aromatic carbocycles. The average molecular weight is 222 g/mol. The number of hydrogen-bond acceptors (Lipinski definition) is 3. The van der Waals surface area contributed by atoms with E-state index in [2.05, 4.69) is 0 Å². The van der Waals surface area contributed by atoms with Crippen LogP contribution in [0, 0.1) is 0 Å². The maximum atomic E-state index is 11.6. The zero-order chi connectivity index (χ0) is 10.8. The predicted octanol–water partition coefficient (Wildman–Crippen LogP) is 1.67. The molecule has 0 N–H and O–H groups in total. The zero-order valence-corrected chi connectivity index (χ0v) is 9.04. The molecular weight excluding hydrogens is 212 g/mol. The summed E-state index contributed by atoms with van der Waals surface area (Å²) in [5.74, 6) is 0.750. The van der Waals surface area contributed by atoms with Crippen molar-refractivity contribution >= 4 is 22.1 Å². The third kappa shape index (κ3) is 2.22. The first-order valence-corrected chi connectivity index (χ1v) is 6.21. The zero-order valence-electron chi connectivity index (χ0n) is 8.23. The first-order valence-electron chi connectivity index (χ1n) is 4.48. The van der Waals surface area contributed by atoms with Crippen LogP contribution in [0.4, 0.5) is 0 Å². The van der Waals surface area contributed by atoms with Crippen molar-refractivity contribution in [3.05, 3.63) is 46.3 Å². The van der Waals surface area contributed by atoms with Crippen molar-refractivity contribution < 1.29 is 8.97 Å². The van der Waals surface area contributed by atoms with E-state index < -0.39 is 11.2 Å². The lowest BCUT2D eigenvalue weighted by Crippen LogP contribution is -2.06. The SMILES string of the molecule is C[S+]([O-])Cc1cc(=O)c2ccccc2o1. The highest BCUT2D eigenvalue weighted by Crippen LogP contribution is 2.13. The highest BCUT2D eigenvalue weighted by atomic mass is 32.2. The normalized spacial score (nSPS) is 12.9. The van der Waals surface area contributed by atoms with Gasteiger partial charge in [-0.2, -0.15) is 0 Å². The van der Waals surface area contributed by atoms with Gasteiger partial charge in [0.25, 0.3) is 0 Å². The first-order chi connectivity index (χ1) is 7.16. The quantitative estimate of drug-likeness (QED) is 0.726. The number of fused-ring (bicyclic) bond motifs is 1. The molecule has 0 saturated heterocycles. The molecule has 1 heterocycles. The van der Waals surface area contributed by atoms with Gasteiger partial charge in [0, 0.05) is 6.07 Å². The fourth-order valence-electron chi connectivity index (χ4n) is 1.43. The van der Waals surface area contributed by atoms with E-state index >= 15 is 0 Å². The average Bonchev–Trinajstić information content (AvgIpc) is 2.16. The first kappa shape index (κ1) is 10.3. The van der Waals surface area contributed by atoms with Crippen molar-refractivity contribution in [3.8, 4) is 0 Å². The van der Waals surface area contributed by atoms with E-state index in [9.17, 15) is 9.35 Å². The summed E-state index contributed by atoms with van der Waals surface area (Å²) in [7, 11) is 0. The monoisotopic (exact) mass is 222 g/mol. The molecule has 0 radical (unpaired) electrons. The van der Waals surface area contributed by atoms with Crippen molar-refractivity contribution in [1.29, 1.82) is 0 Å². The second kappa shape index (κ2) is 4.08. The Labute approximate surface area is 89.9 Å². The Bertz CT molecular complexity index is 531. The Morgan fingerprint density at radius 2 is 2.13 bits per heavy atom. The second-order valence-electron chi connectivity index (χ2n) is 3.29. The van der Waals surface area contributed by atoms with E-state index in [4.69, 9.17) is 4.42 Å². The summed E-state index contributed by atoms with van der Waals surface area (Å²) >= 11 is -1.00. The number of para-hydroxylation sites is 1. The van der Waals surface area contributed by atoms with Gasteiger partial charge in [0.05, 0.1) is 11.6 Å². The topological polar surface area (TPSA) is 53.3 Å². The predicted molar refractivity (Wildman–Crippen MR) is 60.3 cm³/mol. The molecule has 0 spiro atoms. The Morgan fingerprint density at radius 3 is 2.87 bits per heavy atom. The van der Waals surface area contributed by atoms with Gasteiger partial charge in [0.2, 0.25) is 0 Å². The second-order valence-corrected chi connectivity index (χ2v) is 4.73. The van der Waals surface area contributed by atoms with Gasteiger partial charge in [-0.1, -0.05) is 12.1 Å². The lowest BCUT2D eigenvalue weighted by atomic mass is 10.2. The van der Waals surface area contributed by atoms with E-state index in [0.29, 0.717) is 16.7 Å². The van der Waals surface area contributed by atoms with Crippen molar-refractivity contribution in [1.82, 2.24) is 0 Å². The van der Waals surface area contributed by atoms with Crippen molar-refractivity contribution in [3.63, 3.8) is 0 Å². The molecule has 0 saturated carbocycles. The maximum Gasteiger partial charge on any atom is 0.193 e. The molecule has 15 heavy (non-hydrogen) atoms. The fourth-order valence-corrected chi connectivity index (χ4v) is 1.97. The van der Waals surface area contributed by atoms with Gasteiger partial charge in [-0.15, -0.1) is 0 Å². The molecule has 0 bridgehead atoms. The molecule has 0 aliphatic rings. The lowest BCUT2D eigenvalue weighted by Gasteiger charge is -2.04. The van der Waals surface area contributed by atoms with Gasteiger partial charge in [-0.3, -0.25) is 4.79 Å². The number of benzene rings is 1. The van der Waals surface area contributed by atoms with Crippen LogP contribution >= 0.6 is 0 Å². The summed E-state index contributed by atoms with van der Waals surface area (Å²) in [6.45, 7) is 0. The summed E-state index contributed by atoms with van der Waals surface area (Å²) in [5, 5.41) is 0.558. The minimum absolute atomic E-state index is 0.0858. The van der Waals surface area contributed by atoms with Crippen molar-refractivity contribution in [2.24, 2.45) is 0 Å². The maximum absolute atomic E-state index is 11.6. The van der Waals surface area contributed by atoms with Crippen LogP contribution < -0.4 is 5.43 Å². The van der Waals surface area contributed by atoms with Crippen LogP contribution in [0.15, 0.2) is 39.5 Å². The van der Waals surface area contributed by atoms with Gasteiger partial charge in [0.1, 0.15) is 5.58 Å². The highest BCUT2D eigenvalue weighted by molar-refractivity contribution is 7.89. The van der Waals surface area contributed by atoms with Crippen LogP contribution in [0.1, 0.15) is 5.76 Å². The third-order valence-corrected chi connectivity index (χ3v) is 2.72. The van der Waals surface area contributed by atoms with Crippen LogP contribution in [0.5, 0.6) is 0 Å². The molecule has 0 aliphatic heterocycles. The Morgan fingerprint density at radius 1 is 1.40 bits per heavy atom. The summed E-state index contributed by atoms with van der Waals surface area (Å²) in [6, 6.07) is 8.45. The van der Waals surface area contributed by atoms with E-state index in [1.807, 2.05) is 0 Å². The number of hydrogen-bond donors (Lipinski definition) is 0. The molecule has 1 aromatic heterocycles. The fraction of sp³-hybridized carbons (Fsp3) is 0.182. The molecule has 0 aliphatic carbocycles. The molecule has 0 amide bonds. The Kier molecular flexibility index (Phi) is 2.79. The Hall–Kier alpha value is -1.26. The molecule has 4 heteroatoms. The summed E-state index contributed by atoms with van der Waals surface area (Å²) in [5.41, 5.74) is 0.461. The van der Waals surface area contributed by atoms with Gasteiger partial charge < -0.3 is 8.97 Å². The van der Waals surface area contributed by atoms with Gasteiger partial charge in [-0.25, -0.2) is 0 Å². The smallest absolute Gasteiger partial charge is 0.193 e. The van der Waals surface area contributed by atoms with Crippen LogP contribution in [-0.2, 0) is 16.9 Å². The van der Waals surface area contributed by atoms with E-state index in [0.717, 1.165) is 0 Å². The van der Waals surface area contributed by atoms with Crippen LogP contribution in [0.3, 0.4) is 0 Å². The van der Waals surface area contributed by atoms with Crippen LogP contribution in [0.2, 0.25) is 0 Å². The van der Waals surface area contributed by atoms with E-state index in [-0.39, 0.29) is 11.2 Å². The summed E-state index contributed by atoms with van der Waals surface area (Å²) in [4.78, 5) is 11.6. The van der Waals surface area contributed by atoms with Crippen molar-refractivity contribution in [2.45, 2.75) is 5.75 Å². The minimum Gasteiger partial charge on any atom is -0.616 e. The standard InChI is InChI=1S/C11H10O3S/c1-15(13)7-8-6-10(12)9-4-2-3-5-11(9)14-8/h2-6H,7H2,1H3. The van der Waals surface area contributed by atoms with E-state index in [1.54, 1.807) is 30.5 Å². The molecule has 2 aromatic rings. The van der Waals surface area contributed by atoms with Gasteiger partial charge in [0.15, 0.2) is 16.9 Å². The van der Waals surface area contributed by atoms with Crippen LogP contribution in [-0.4, -0.2) is 10.8 Å². The minimum atomic E-state index is -1.00. The molecule has 78 valence electrons. The summed E-state index contributed by atoms with van der Waals surface area (Å²) < 4.78 is 16.5. The largest absolute Gasteiger partial charge is 0.616 e. The van der Waals surface area contributed by atoms with Gasteiger partial charge in [-0.05, 0) is 23.3 Å². The Balaban J connectivity index is 2.57. The summed E-state index contributed by atoms with van der Waals surface area (Å²) in [6.07, 6.45) is 1.58. The molecule has 0 fully saturated rings. The van der Waals surface area contributed by atoms with Crippen molar-refractivity contribution in [2.75, 3.05) is 6.26 Å². The molecule has 3 nitrogen and oxygen atoms in total. The lowest BCUT2D eigenvalue weighted by molar-refractivity contribution is 0.546. The third-order valence-electron chi connectivity index (χ3n) is 2.03. The molecule has 1 unspecified atom stereocenters. The molecule has 1 atom stereocenters. The van der Waals surface area contributed by atoms with Crippen LogP contribution in [0.25, 0.3) is 11.0 Å².